The summed E-state index contributed by atoms with van der Waals surface area (Å²) in [6.07, 6.45) is 2.38. The highest BCUT2D eigenvalue weighted by molar-refractivity contribution is 7.11. The Morgan fingerprint density at radius 2 is 2.25 bits per heavy atom. The molecule has 0 spiro atoms. The summed E-state index contributed by atoms with van der Waals surface area (Å²) in [6, 6.07) is 4.40. The van der Waals surface area contributed by atoms with Crippen LogP contribution in [0.5, 0.6) is 0 Å². The van der Waals surface area contributed by atoms with Gasteiger partial charge in [-0.1, -0.05) is 17.7 Å². The van der Waals surface area contributed by atoms with E-state index >= 15 is 0 Å². The summed E-state index contributed by atoms with van der Waals surface area (Å²) in [4.78, 5) is 5.27. The van der Waals surface area contributed by atoms with Crippen molar-refractivity contribution in [2.24, 2.45) is 5.73 Å². The van der Waals surface area contributed by atoms with Gasteiger partial charge in [-0.3, -0.25) is 0 Å². The molecule has 2 N–H and O–H groups in total. The molecule has 1 aromatic carbocycles. The van der Waals surface area contributed by atoms with Crippen LogP contribution in [0.1, 0.15) is 15.4 Å². The van der Waals surface area contributed by atoms with Crippen molar-refractivity contribution in [2.45, 2.75) is 13.0 Å². The molecule has 0 aliphatic carbocycles. The highest BCUT2D eigenvalue weighted by atomic mass is 35.5. The highest BCUT2D eigenvalue weighted by Gasteiger charge is 2.06. The molecule has 84 valence electrons. The van der Waals surface area contributed by atoms with Crippen LogP contribution in [0, 0.1) is 5.82 Å². The van der Waals surface area contributed by atoms with Crippen molar-refractivity contribution in [3.8, 4) is 0 Å². The van der Waals surface area contributed by atoms with Crippen LogP contribution in [0.25, 0.3) is 0 Å². The standard InChI is InChI=1S/C11H10ClFN2S/c12-10-4-8(13)2-1-7(10)3-11-15-6-9(5-14)16-11/h1-2,4,6H,3,5,14H2. The second-order valence-corrected chi connectivity index (χ2v) is 4.94. The normalized spacial score (nSPS) is 10.7. The van der Waals surface area contributed by atoms with E-state index in [1.807, 2.05) is 0 Å². The Morgan fingerprint density at radius 1 is 1.44 bits per heavy atom. The van der Waals surface area contributed by atoms with Crippen LogP contribution < -0.4 is 5.73 Å². The summed E-state index contributed by atoms with van der Waals surface area (Å²) in [5.74, 6) is -0.324. The molecule has 0 saturated carbocycles. The quantitative estimate of drug-likeness (QED) is 0.917. The topological polar surface area (TPSA) is 38.9 Å². The van der Waals surface area contributed by atoms with Gasteiger partial charge in [0.1, 0.15) is 5.82 Å². The minimum atomic E-state index is -0.324. The monoisotopic (exact) mass is 256 g/mol. The third-order valence-electron chi connectivity index (χ3n) is 2.16. The first kappa shape index (κ1) is 11.5. The van der Waals surface area contributed by atoms with E-state index in [1.54, 1.807) is 23.6 Å². The molecule has 0 radical (unpaired) electrons. The van der Waals surface area contributed by atoms with Crippen LogP contribution in [-0.4, -0.2) is 4.98 Å². The third-order valence-corrected chi connectivity index (χ3v) is 3.53. The highest BCUT2D eigenvalue weighted by Crippen LogP contribution is 2.22. The molecule has 0 amide bonds. The Bertz CT molecular complexity index is 498. The van der Waals surface area contributed by atoms with Crippen molar-refractivity contribution in [3.63, 3.8) is 0 Å². The average Bonchev–Trinajstić information content (AvgIpc) is 2.70. The molecule has 0 bridgehead atoms. The third kappa shape index (κ3) is 2.58. The van der Waals surface area contributed by atoms with Gasteiger partial charge in [-0.05, 0) is 17.7 Å². The van der Waals surface area contributed by atoms with Gasteiger partial charge in [-0.2, -0.15) is 0 Å². The number of halogens is 2. The summed E-state index contributed by atoms with van der Waals surface area (Å²) in [5, 5.41) is 1.37. The molecular formula is C11H10ClFN2S. The molecule has 2 rings (SSSR count). The smallest absolute Gasteiger partial charge is 0.124 e. The van der Waals surface area contributed by atoms with Crippen molar-refractivity contribution >= 4 is 22.9 Å². The molecule has 2 nitrogen and oxygen atoms in total. The van der Waals surface area contributed by atoms with Gasteiger partial charge >= 0.3 is 0 Å². The largest absolute Gasteiger partial charge is 0.326 e. The molecule has 1 heterocycles. The lowest BCUT2D eigenvalue weighted by Crippen LogP contribution is -1.91. The summed E-state index contributed by atoms with van der Waals surface area (Å²) < 4.78 is 12.8. The fraction of sp³-hybridized carbons (Fsp3) is 0.182. The molecule has 16 heavy (non-hydrogen) atoms. The van der Waals surface area contributed by atoms with E-state index in [2.05, 4.69) is 4.98 Å². The number of aromatic nitrogens is 1. The predicted octanol–water partition coefficient (Wildman–Crippen LogP) is 2.99. The van der Waals surface area contributed by atoms with Gasteiger partial charge in [0, 0.05) is 29.1 Å². The van der Waals surface area contributed by atoms with Crippen molar-refractivity contribution in [3.05, 3.63) is 50.7 Å². The summed E-state index contributed by atoms with van der Waals surface area (Å²) in [5.41, 5.74) is 6.38. The second kappa shape index (κ2) is 4.91. The molecule has 0 atom stereocenters. The van der Waals surface area contributed by atoms with E-state index in [-0.39, 0.29) is 5.82 Å². The zero-order chi connectivity index (χ0) is 11.5. The maximum absolute atomic E-state index is 12.8. The van der Waals surface area contributed by atoms with Gasteiger partial charge < -0.3 is 5.73 Å². The molecule has 0 saturated heterocycles. The Kier molecular flexibility index (Phi) is 3.53. The first-order valence-electron chi connectivity index (χ1n) is 4.76. The van der Waals surface area contributed by atoms with E-state index in [0.717, 1.165) is 15.4 Å². The van der Waals surface area contributed by atoms with E-state index < -0.39 is 0 Å². The van der Waals surface area contributed by atoms with Gasteiger partial charge in [0.05, 0.1) is 5.01 Å². The van der Waals surface area contributed by atoms with E-state index in [1.165, 1.54) is 12.1 Å². The van der Waals surface area contributed by atoms with Crippen LogP contribution in [0.3, 0.4) is 0 Å². The predicted molar refractivity (Wildman–Crippen MR) is 64.2 cm³/mol. The van der Waals surface area contributed by atoms with Gasteiger partial charge in [0.2, 0.25) is 0 Å². The van der Waals surface area contributed by atoms with E-state index in [9.17, 15) is 4.39 Å². The summed E-state index contributed by atoms with van der Waals surface area (Å²) in [6.45, 7) is 0.495. The number of thiazole rings is 1. The van der Waals surface area contributed by atoms with Crippen molar-refractivity contribution in [1.82, 2.24) is 4.98 Å². The van der Waals surface area contributed by atoms with Crippen molar-refractivity contribution < 1.29 is 4.39 Å². The van der Waals surface area contributed by atoms with Crippen LogP contribution >= 0.6 is 22.9 Å². The van der Waals surface area contributed by atoms with Gasteiger partial charge in [-0.25, -0.2) is 9.37 Å². The van der Waals surface area contributed by atoms with Crippen LogP contribution in [0.2, 0.25) is 5.02 Å². The number of hydrogen-bond acceptors (Lipinski definition) is 3. The fourth-order valence-electron chi connectivity index (χ4n) is 1.35. The molecule has 0 unspecified atom stereocenters. The van der Waals surface area contributed by atoms with Crippen LogP contribution in [0.4, 0.5) is 4.39 Å². The Morgan fingerprint density at radius 3 is 2.88 bits per heavy atom. The average molecular weight is 257 g/mol. The minimum absolute atomic E-state index is 0.324. The van der Waals surface area contributed by atoms with Gasteiger partial charge in [-0.15, -0.1) is 11.3 Å². The maximum Gasteiger partial charge on any atom is 0.124 e. The summed E-state index contributed by atoms with van der Waals surface area (Å²) in [7, 11) is 0. The van der Waals surface area contributed by atoms with Crippen molar-refractivity contribution in [2.75, 3.05) is 0 Å². The lowest BCUT2D eigenvalue weighted by molar-refractivity contribution is 0.627. The molecule has 1 aromatic heterocycles. The SMILES string of the molecule is NCc1cnc(Cc2ccc(F)cc2Cl)s1. The molecular weight excluding hydrogens is 247 g/mol. The first-order chi connectivity index (χ1) is 7.69. The fourth-order valence-corrected chi connectivity index (χ4v) is 2.41. The molecule has 2 aromatic rings. The zero-order valence-corrected chi connectivity index (χ0v) is 9.98. The molecule has 5 heteroatoms. The van der Waals surface area contributed by atoms with Crippen LogP contribution in [-0.2, 0) is 13.0 Å². The number of rotatable bonds is 3. The molecule has 0 aliphatic rings. The number of benzene rings is 1. The minimum Gasteiger partial charge on any atom is -0.326 e. The lowest BCUT2D eigenvalue weighted by atomic mass is 10.1. The summed E-state index contributed by atoms with van der Waals surface area (Å²) >= 11 is 7.48. The van der Waals surface area contributed by atoms with Gasteiger partial charge in [0.25, 0.3) is 0 Å². The lowest BCUT2D eigenvalue weighted by Gasteiger charge is -2.01. The number of hydrogen-bond donors (Lipinski definition) is 1. The van der Waals surface area contributed by atoms with E-state index in [0.29, 0.717) is 18.0 Å². The van der Waals surface area contributed by atoms with Crippen LogP contribution in [0.15, 0.2) is 24.4 Å². The zero-order valence-electron chi connectivity index (χ0n) is 8.41. The maximum atomic E-state index is 12.8. The molecule has 0 aliphatic heterocycles. The number of nitrogens with two attached hydrogens (primary N) is 1. The molecule has 0 fully saturated rings. The second-order valence-electron chi connectivity index (χ2n) is 3.34. The van der Waals surface area contributed by atoms with Crippen molar-refractivity contribution in [1.29, 1.82) is 0 Å². The van der Waals surface area contributed by atoms with Gasteiger partial charge in [0.15, 0.2) is 0 Å². The Labute approximate surface area is 102 Å². The Hall–Kier alpha value is -0.970. The van der Waals surface area contributed by atoms with E-state index in [4.69, 9.17) is 17.3 Å². The Balaban J connectivity index is 2.20. The number of nitrogens with zero attached hydrogens (tertiary/aromatic N) is 1. The first-order valence-corrected chi connectivity index (χ1v) is 5.96.